The summed E-state index contributed by atoms with van der Waals surface area (Å²) in [6, 6.07) is 4.08. The Kier molecular flexibility index (Phi) is 6.59. The third-order valence-electron chi connectivity index (χ3n) is 4.75. The van der Waals surface area contributed by atoms with E-state index >= 15 is 0 Å². The molecule has 128 valence electrons. The first kappa shape index (κ1) is 17.9. The molecule has 0 radical (unpaired) electrons. The van der Waals surface area contributed by atoms with E-state index in [4.69, 9.17) is 5.73 Å². The normalized spacial score (nSPS) is 25.4. The number of halogens is 1. The molecule has 1 aliphatic carbocycles. The molecule has 1 saturated carbocycles. The largest absolute Gasteiger partial charge is 0.353 e. The number of hydrogen-bond acceptors (Lipinski definition) is 5. The Morgan fingerprint density at radius 2 is 2.04 bits per heavy atom. The van der Waals surface area contributed by atoms with Gasteiger partial charge in [-0.05, 0) is 37.8 Å². The predicted molar refractivity (Wildman–Crippen MR) is 92.6 cm³/mol. The number of nitrogens with zero attached hydrogens (tertiary/aromatic N) is 4. The van der Waals surface area contributed by atoms with Gasteiger partial charge in [0.25, 0.3) is 0 Å². The fourth-order valence-electron chi connectivity index (χ4n) is 3.54. The number of nitrogens with two attached hydrogens (primary N) is 1. The van der Waals surface area contributed by atoms with Crippen LogP contribution in [0.2, 0.25) is 0 Å². The summed E-state index contributed by atoms with van der Waals surface area (Å²) in [4.78, 5) is 17.0. The van der Waals surface area contributed by atoms with Crippen LogP contribution in [0.1, 0.15) is 32.1 Å². The molecule has 2 aliphatic rings. The van der Waals surface area contributed by atoms with E-state index in [1.807, 2.05) is 17.0 Å². The maximum atomic E-state index is 12.7. The van der Waals surface area contributed by atoms with Crippen LogP contribution in [0.4, 0.5) is 5.82 Å². The minimum Gasteiger partial charge on any atom is -0.353 e. The number of amides is 1. The first-order valence-corrected chi connectivity index (χ1v) is 8.31. The lowest BCUT2D eigenvalue weighted by atomic mass is 9.85. The summed E-state index contributed by atoms with van der Waals surface area (Å²) in [7, 11) is 0. The van der Waals surface area contributed by atoms with Crippen LogP contribution in [0, 0.1) is 5.92 Å². The van der Waals surface area contributed by atoms with E-state index in [2.05, 4.69) is 15.1 Å². The molecule has 3 rings (SSSR count). The summed E-state index contributed by atoms with van der Waals surface area (Å²) in [5, 5.41) is 8.11. The molecular formula is C16H26ClN5O. The van der Waals surface area contributed by atoms with Gasteiger partial charge in [0.15, 0.2) is 5.82 Å². The number of carbonyl (C=O) groups excluding carboxylic acids is 1. The molecule has 2 unspecified atom stereocenters. The van der Waals surface area contributed by atoms with Crippen molar-refractivity contribution in [1.29, 1.82) is 0 Å². The van der Waals surface area contributed by atoms with Gasteiger partial charge in [-0.1, -0.05) is 6.42 Å². The molecule has 23 heavy (non-hydrogen) atoms. The zero-order chi connectivity index (χ0) is 15.4. The quantitative estimate of drug-likeness (QED) is 0.882. The monoisotopic (exact) mass is 339 g/mol. The highest BCUT2D eigenvalue weighted by Crippen LogP contribution is 2.25. The van der Waals surface area contributed by atoms with Crippen molar-refractivity contribution >= 4 is 24.1 Å². The van der Waals surface area contributed by atoms with E-state index in [1.165, 1.54) is 0 Å². The summed E-state index contributed by atoms with van der Waals surface area (Å²) in [6.07, 6.45) is 6.64. The predicted octanol–water partition coefficient (Wildman–Crippen LogP) is 1.45. The molecule has 6 nitrogen and oxygen atoms in total. The van der Waals surface area contributed by atoms with Crippen LogP contribution in [0.3, 0.4) is 0 Å². The van der Waals surface area contributed by atoms with Gasteiger partial charge >= 0.3 is 0 Å². The fourth-order valence-corrected chi connectivity index (χ4v) is 3.54. The Balaban J connectivity index is 0.00000192. The van der Waals surface area contributed by atoms with E-state index in [0.29, 0.717) is 5.91 Å². The number of aromatic nitrogens is 2. The Bertz CT molecular complexity index is 501. The molecule has 2 N–H and O–H groups in total. The minimum absolute atomic E-state index is 0. The van der Waals surface area contributed by atoms with Crippen molar-refractivity contribution in [3.8, 4) is 0 Å². The second-order valence-corrected chi connectivity index (χ2v) is 6.37. The molecule has 0 spiro atoms. The van der Waals surface area contributed by atoms with E-state index < -0.39 is 0 Å². The summed E-state index contributed by atoms with van der Waals surface area (Å²) in [5.74, 6) is 1.33. The second kappa shape index (κ2) is 8.45. The van der Waals surface area contributed by atoms with Gasteiger partial charge in [-0.15, -0.1) is 17.5 Å². The van der Waals surface area contributed by atoms with Crippen LogP contribution < -0.4 is 10.6 Å². The van der Waals surface area contributed by atoms with Crippen molar-refractivity contribution in [2.75, 3.05) is 31.1 Å². The van der Waals surface area contributed by atoms with Crippen LogP contribution in [-0.4, -0.2) is 53.2 Å². The zero-order valence-corrected chi connectivity index (χ0v) is 14.2. The molecule has 7 heteroatoms. The molecule has 1 aromatic heterocycles. The maximum absolute atomic E-state index is 12.7. The van der Waals surface area contributed by atoms with Gasteiger partial charge in [-0.2, -0.15) is 5.10 Å². The lowest BCUT2D eigenvalue weighted by Crippen LogP contribution is -2.42. The molecule has 2 heterocycles. The van der Waals surface area contributed by atoms with Gasteiger partial charge in [0.1, 0.15) is 0 Å². The Morgan fingerprint density at radius 1 is 1.17 bits per heavy atom. The van der Waals surface area contributed by atoms with Crippen molar-refractivity contribution in [3.05, 3.63) is 18.3 Å². The average Bonchev–Trinajstić information content (AvgIpc) is 2.81. The third kappa shape index (κ3) is 4.54. The molecule has 0 aromatic carbocycles. The van der Waals surface area contributed by atoms with Gasteiger partial charge in [-0.3, -0.25) is 4.79 Å². The highest BCUT2D eigenvalue weighted by Gasteiger charge is 2.30. The first-order valence-electron chi connectivity index (χ1n) is 8.31. The number of anilines is 1. The average molecular weight is 340 g/mol. The van der Waals surface area contributed by atoms with Gasteiger partial charge in [0, 0.05) is 44.3 Å². The van der Waals surface area contributed by atoms with Crippen LogP contribution in [-0.2, 0) is 4.79 Å². The number of hydrogen-bond donors (Lipinski definition) is 1. The highest BCUT2D eigenvalue weighted by molar-refractivity contribution is 5.85. The second-order valence-electron chi connectivity index (χ2n) is 6.37. The maximum Gasteiger partial charge on any atom is 0.225 e. The molecule has 0 bridgehead atoms. The Hall–Kier alpha value is -1.40. The van der Waals surface area contributed by atoms with E-state index in [0.717, 1.165) is 64.1 Å². The number of carbonyl (C=O) groups is 1. The van der Waals surface area contributed by atoms with Gasteiger partial charge in [0.2, 0.25) is 5.91 Å². The highest BCUT2D eigenvalue weighted by atomic mass is 35.5. The van der Waals surface area contributed by atoms with Gasteiger partial charge < -0.3 is 15.5 Å². The Labute approximate surface area is 143 Å². The van der Waals surface area contributed by atoms with Crippen LogP contribution >= 0.6 is 12.4 Å². The van der Waals surface area contributed by atoms with Gasteiger partial charge in [0.05, 0.1) is 0 Å². The topological polar surface area (TPSA) is 75.4 Å². The SMILES string of the molecule is Cl.NC1CCCC(C(=O)N2CCCN(c3cccnn3)CC2)C1. The molecule has 2 fully saturated rings. The van der Waals surface area contributed by atoms with Crippen molar-refractivity contribution < 1.29 is 4.79 Å². The van der Waals surface area contributed by atoms with Crippen LogP contribution in [0.15, 0.2) is 18.3 Å². The standard InChI is InChI=1S/C16H25N5O.ClH/c17-14-5-1-4-13(12-14)16(22)21-9-3-8-20(10-11-21)15-6-2-7-18-19-15;/h2,6-7,13-14H,1,3-5,8-12,17H2;1H. The van der Waals surface area contributed by atoms with Crippen molar-refractivity contribution in [2.45, 2.75) is 38.1 Å². The summed E-state index contributed by atoms with van der Waals surface area (Å²) >= 11 is 0. The lowest BCUT2D eigenvalue weighted by Gasteiger charge is -2.31. The summed E-state index contributed by atoms with van der Waals surface area (Å²) < 4.78 is 0. The molecule has 2 atom stereocenters. The van der Waals surface area contributed by atoms with Gasteiger partial charge in [-0.25, -0.2) is 0 Å². The van der Waals surface area contributed by atoms with E-state index in [-0.39, 0.29) is 24.4 Å². The van der Waals surface area contributed by atoms with Crippen LogP contribution in [0.5, 0.6) is 0 Å². The molecule has 1 aromatic rings. The molecule has 1 amide bonds. The smallest absolute Gasteiger partial charge is 0.225 e. The molecule has 1 aliphatic heterocycles. The first-order chi connectivity index (χ1) is 10.7. The number of rotatable bonds is 2. The van der Waals surface area contributed by atoms with E-state index in [9.17, 15) is 4.79 Å². The Morgan fingerprint density at radius 3 is 2.78 bits per heavy atom. The molecule has 1 saturated heterocycles. The third-order valence-corrected chi connectivity index (χ3v) is 4.75. The summed E-state index contributed by atoms with van der Waals surface area (Å²) in [6.45, 7) is 3.35. The minimum atomic E-state index is 0. The van der Waals surface area contributed by atoms with Crippen molar-refractivity contribution in [3.63, 3.8) is 0 Å². The van der Waals surface area contributed by atoms with Crippen molar-refractivity contribution in [2.24, 2.45) is 11.7 Å². The zero-order valence-electron chi connectivity index (χ0n) is 13.4. The van der Waals surface area contributed by atoms with Crippen LogP contribution in [0.25, 0.3) is 0 Å². The fraction of sp³-hybridized carbons (Fsp3) is 0.688. The lowest BCUT2D eigenvalue weighted by molar-refractivity contribution is -0.136. The van der Waals surface area contributed by atoms with Crippen molar-refractivity contribution in [1.82, 2.24) is 15.1 Å². The van der Waals surface area contributed by atoms with E-state index in [1.54, 1.807) is 6.20 Å². The molecular weight excluding hydrogens is 314 g/mol. The summed E-state index contributed by atoms with van der Waals surface area (Å²) in [5.41, 5.74) is 6.03.